The van der Waals surface area contributed by atoms with Gasteiger partial charge in [-0.3, -0.25) is 4.79 Å². The maximum absolute atomic E-state index is 11.0. The van der Waals surface area contributed by atoms with Crippen molar-refractivity contribution in [1.29, 1.82) is 0 Å². The number of hydrogen-bond donors (Lipinski definition) is 0. The largest absolute Gasteiger partial charge is 0.467 e. The zero-order valence-corrected chi connectivity index (χ0v) is 6.26. The average Bonchev–Trinajstić information content (AvgIpc) is 2.32. The van der Waals surface area contributed by atoms with Crippen LogP contribution in [0.15, 0.2) is 4.99 Å². The van der Waals surface area contributed by atoms with Gasteiger partial charge in [-0.1, -0.05) is 13.8 Å². The van der Waals surface area contributed by atoms with Gasteiger partial charge in [-0.2, -0.15) is 4.99 Å². The fourth-order valence-corrected chi connectivity index (χ4v) is 1.06. The highest BCUT2D eigenvalue weighted by molar-refractivity contribution is 5.95. The van der Waals surface area contributed by atoms with Crippen LogP contribution in [0, 0.1) is 0 Å². The third-order valence-electron chi connectivity index (χ3n) is 1.98. The van der Waals surface area contributed by atoms with Crippen molar-refractivity contribution in [2.75, 3.05) is 0 Å². The molecular formula is C7H11NO2. The predicted octanol–water partition coefficient (Wildman–Crippen LogP) is 1.13. The maximum Gasteiger partial charge on any atom is 0.292 e. The number of nitrogens with zero attached hydrogens (tertiary/aromatic N) is 1. The summed E-state index contributed by atoms with van der Waals surface area (Å²) < 4.78 is 5.11. The van der Waals surface area contributed by atoms with Crippen LogP contribution in [0.1, 0.15) is 26.7 Å². The molecule has 10 heavy (non-hydrogen) atoms. The average molecular weight is 141 g/mol. The zero-order valence-electron chi connectivity index (χ0n) is 6.26. The highest BCUT2D eigenvalue weighted by Gasteiger charge is 2.39. The minimum Gasteiger partial charge on any atom is -0.467 e. The Labute approximate surface area is 60.1 Å². The first-order valence-corrected chi connectivity index (χ1v) is 3.50. The molecule has 3 heteroatoms. The Kier molecular flexibility index (Phi) is 1.74. The number of rotatable bonds is 2. The number of hydrogen-bond acceptors (Lipinski definition) is 2. The Hall–Kier alpha value is -0.860. The van der Waals surface area contributed by atoms with Gasteiger partial charge in [0.25, 0.3) is 5.91 Å². The van der Waals surface area contributed by atoms with Crippen molar-refractivity contribution in [3.05, 3.63) is 0 Å². The summed E-state index contributed by atoms with van der Waals surface area (Å²) in [6.45, 7) is 3.85. The molecule has 0 saturated carbocycles. The highest BCUT2D eigenvalue weighted by atomic mass is 16.5. The Bertz CT molecular complexity index is 170. The molecule has 0 aliphatic carbocycles. The van der Waals surface area contributed by atoms with Crippen molar-refractivity contribution in [2.45, 2.75) is 32.3 Å². The monoisotopic (exact) mass is 141 g/mol. The van der Waals surface area contributed by atoms with Crippen molar-refractivity contribution < 1.29 is 9.53 Å². The van der Waals surface area contributed by atoms with Crippen molar-refractivity contribution in [2.24, 2.45) is 4.99 Å². The maximum atomic E-state index is 11.0. The molecular weight excluding hydrogens is 130 g/mol. The van der Waals surface area contributed by atoms with Crippen molar-refractivity contribution in [1.82, 2.24) is 0 Å². The second kappa shape index (κ2) is 2.40. The van der Waals surface area contributed by atoms with Gasteiger partial charge in [-0.15, -0.1) is 0 Å². The van der Waals surface area contributed by atoms with Crippen LogP contribution in [0.3, 0.4) is 0 Å². The molecule has 56 valence electrons. The van der Waals surface area contributed by atoms with Gasteiger partial charge < -0.3 is 4.74 Å². The number of aliphatic imine (C=N–C) groups is 1. The van der Waals surface area contributed by atoms with E-state index < -0.39 is 5.60 Å². The summed E-state index contributed by atoms with van der Waals surface area (Å²) in [6, 6.07) is 0. The lowest BCUT2D eigenvalue weighted by molar-refractivity contribution is -0.131. The third kappa shape index (κ3) is 0.818. The molecule has 0 spiro atoms. The second-order valence-electron chi connectivity index (χ2n) is 2.36. The Morgan fingerprint density at radius 1 is 1.60 bits per heavy atom. The highest BCUT2D eigenvalue weighted by Crippen LogP contribution is 2.24. The molecule has 1 aliphatic heterocycles. The molecule has 0 unspecified atom stereocenters. The predicted molar refractivity (Wildman–Crippen MR) is 37.9 cm³/mol. The Morgan fingerprint density at radius 3 is 2.40 bits per heavy atom. The summed E-state index contributed by atoms with van der Waals surface area (Å²) in [7, 11) is 0. The van der Waals surface area contributed by atoms with E-state index in [1.165, 1.54) is 6.40 Å². The van der Waals surface area contributed by atoms with Crippen LogP contribution in [-0.4, -0.2) is 17.9 Å². The van der Waals surface area contributed by atoms with Crippen LogP contribution >= 0.6 is 0 Å². The Balaban J connectivity index is 2.76. The summed E-state index contributed by atoms with van der Waals surface area (Å²) in [5.74, 6) is -0.141. The van der Waals surface area contributed by atoms with Gasteiger partial charge >= 0.3 is 0 Å². The minimum atomic E-state index is -0.625. The number of carbonyl (C=O) groups is 1. The molecule has 0 saturated heterocycles. The standard InChI is InChI=1S/C7H11NO2/c1-3-7(4-2)6(9)8-5-10-7/h5H,3-4H2,1-2H3. The van der Waals surface area contributed by atoms with E-state index in [9.17, 15) is 4.79 Å². The Morgan fingerprint density at radius 2 is 2.20 bits per heavy atom. The van der Waals surface area contributed by atoms with E-state index in [4.69, 9.17) is 4.74 Å². The van der Waals surface area contributed by atoms with Crippen LogP contribution < -0.4 is 0 Å². The van der Waals surface area contributed by atoms with Gasteiger partial charge in [0.05, 0.1) is 0 Å². The number of amides is 1. The van der Waals surface area contributed by atoms with Crippen molar-refractivity contribution in [3.8, 4) is 0 Å². The first-order valence-electron chi connectivity index (χ1n) is 3.50. The molecule has 1 amide bonds. The summed E-state index contributed by atoms with van der Waals surface area (Å²) in [6.07, 6.45) is 2.64. The smallest absolute Gasteiger partial charge is 0.292 e. The minimum absolute atomic E-state index is 0.141. The van der Waals surface area contributed by atoms with E-state index in [0.29, 0.717) is 12.8 Å². The molecule has 1 aliphatic rings. The molecule has 0 aromatic carbocycles. The zero-order chi connectivity index (χ0) is 7.61. The fraction of sp³-hybridized carbons (Fsp3) is 0.714. The van der Waals surface area contributed by atoms with E-state index in [1.807, 2.05) is 13.8 Å². The van der Waals surface area contributed by atoms with Crippen LogP contribution in [0.25, 0.3) is 0 Å². The summed E-state index contributed by atoms with van der Waals surface area (Å²) in [5.41, 5.74) is -0.625. The lowest BCUT2D eigenvalue weighted by Gasteiger charge is -2.20. The molecule has 0 radical (unpaired) electrons. The van der Waals surface area contributed by atoms with Crippen LogP contribution in [0.2, 0.25) is 0 Å². The first kappa shape index (κ1) is 7.25. The third-order valence-corrected chi connectivity index (χ3v) is 1.98. The van der Waals surface area contributed by atoms with E-state index in [2.05, 4.69) is 4.99 Å². The summed E-state index contributed by atoms with van der Waals surface area (Å²) >= 11 is 0. The molecule has 3 nitrogen and oxygen atoms in total. The van der Waals surface area contributed by atoms with E-state index in [-0.39, 0.29) is 5.91 Å². The first-order chi connectivity index (χ1) is 4.75. The molecule has 0 aromatic rings. The molecule has 0 fully saturated rings. The van der Waals surface area contributed by atoms with Crippen LogP contribution in [-0.2, 0) is 9.53 Å². The second-order valence-corrected chi connectivity index (χ2v) is 2.36. The van der Waals surface area contributed by atoms with Crippen molar-refractivity contribution >= 4 is 12.3 Å². The fourth-order valence-electron chi connectivity index (χ4n) is 1.06. The molecule has 0 N–H and O–H groups in total. The van der Waals surface area contributed by atoms with Gasteiger partial charge in [0.1, 0.15) is 0 Å². The summed E-state index contributed by atoms with van der Waals surface area (Å²) in [4.78, 5) is 14.6. The number of ether oxygens (including phenoxy) is 1. The normalized spacial score (nSPS) is 21.2. The van der Waals surface area contributed by atoms with E-state index >= 15 is 0 Å². The van der Waals surface area contributed by atoms with Gasteiger partial charge in [-0.25, -0.2) is 0 Å². The lowest BCUT2D eigenvalue weighted by atomic mass is 9.97. The molecule has 1 heterocycles. The van der Waals surface area contributed by atoms with Gasteiger partial charge in [0, 0.05) is 0 Å². The topological polar surface area (TPSA) is 38.7 Å². The van der Waals surface area contributed by atoms with Gasteiger partial charge in [0.2, 0.25) is 0 Å². The summed E-state index contributed by atoms with van der Waals surface area (Å²) in [5, 5.41) is 0. The number of carbonyl (C=O) groups excluding carboxylic acids is 1. The quantitative estimate of drug-likeness (QED) is 0.578. The van der Waals surface area contributed by atoms with Gasteiger partial charge in [0.15, 0.2) is 12.0 Å². The van der Waals surface area contributed by atoms with E-state index in [0.717, 1.165) is 0 Å². The van der Waals surface area contributed by atoms with Crippen LogP contribution in [0.5, 0.6) is 0 Å². The lowest BCUT2D eigenvalue weighted by Crippen LogP contribution is -2.34. The molecule has 1 rings (SSSR count). The molecule has 0 atom stereocenters. The van der Waals surface area contributed by atoms with Crippen LogP contribution in [0.4, 0.5) is 0 Å². The molecule has 0 bridgehead atoms. The molecule has 0 aromatic heterocycles. The van der Waals surface area contributed by atoms with E-state index in [1.54, 1.807) is 0 Å². The van der Waals surface area contributed by atoms with Gasteiger partial charge in [-0.05, 0) is 12.8 Å². The SMILES string of the molecule is CCC1(CC)OC=NC1=O. The van der Waals surface area contributed by atoms with Crippen molar-refractivity contribution in [3.63, 3.8) is 0 Å².